The lowest BCUT2D eigenvalue weighted by Crippen LogP contribution is -2.64. The summed E-state index contributed by atoms with van der Waals surface area (Å²) in [6, 6.07) is 25.1. The van der Waals surface area contributed by atoms with Gasteiger partial charge in [-0.25, -0.2) is 0 Å². The molecule has 0 fully saturated rings. The Morgan fingerprint density at radius 2 is 0.867 bits per heavy atom. The van der Waals surface area contributed by atoms with Crippen LogP contribution in [0.2, 0.25) is 39.3 Å². The van der Waals surface area contributed by atoms with Gasteiger partial charge in [0.2, 0.25) is 7.38 Å². The summed E-state index contributed by atoms with van der Waals surface area (Å²) in [4.78, 5) is 0. The van der Waals surface area contributed by atoms with Gasteiger partial charge in [0.25, 0.3) is 0 Å². The van der Waals surface area contributed by atoms with Crippen molar-refractivity contribution < 1.29 is 0 Å². The average molecular weight is 467 g/mol. The molecular weight excluding hydrogens is 432 g/mol. The third kappa shape index (κ3) is 4.75. The molecule has 0 heterocycles. The third-order valence-electron chi connectivity index (χ3n) is 5.85. The Bertz CT molecular complexity index is 981. The molecule has 0 unspecified atom stereocenters. The number of aryl methyl sites for hydroxylation is 2. The van der Waals surface area contributed by atoms with Crippen molar-refractivity contribution in [3.8, 4) is 0 Å². The van der Waals surface area contributed by atoms with Crippen molar-refractivity contribution >= 4 is 60.5 Å². The summed E-state index contributed by atoms with van der Waals surface area (Å²) in [5.74, 6) is 0. The largest absolute Gasteiger partial charge is 0.247 e. The molecule has 0 bridgehead atoms. The number of hydrogen-bond acceptors (Lipinski definition) is 0. The summed E-state index contributed by atoms with van der Waals surface area (Å²) >= 11 is 7.87. The third-order valence-corrected chi connectivity index (χ3v) is 15.2. The first-order valence-electron chi connectivity index (χ1n) is 10.8. The van der Waals surface area contributed by atoms with Gasteiger partial charge in [0.05, 0.1) is 16.1 Å². The Balaban J connectivity index is 2.36. The zero-order chi connectivity index (χ0) is 22.3. The van der Waals surface area contributed by atoms with E-state index in [-0.39, 0.29) is 0 Å². The van der Waals surface area contributed by atoms with Crippen molar-refractivity contribution in [3.63, 3.8) is 0 Å². The fourth-order valence-corrected chi connectivity index (χ4v) is 11.0. The van der Waals surface area contributed by atoms with Gasteiger partial charge in [-0.2, -0.15) is 0 Å². The van der Waals surface area contributed by atoms with Crippen LogP contribution in [0.3, 0.4) is 0 Å². The van der Waals surface area contributed by atoms with Crippen LogP contribution in [0.15, 0.2) is 66.7 Å². The predicted octanol–water partition coefficient (Wildman–Crippen LogP) is 4.60. The zero-order valence-electron chi connectivity index (χ0n) is 19.7. The van der Waals surface area contributed by atoms with Crippen molar-refractivity contribution in [1.82, 2.24) is 0 Å². The maximum Gasteiger partial charge on any atom is 0.247 e. The average Bonchev–Trinajstić information content (AvgIpc) is 2.65. The van der Waals surface area contributed by atoms with E-state index in [1.165, 1.54) is 37.1 Å². The molecule has 0 N–H and O–H groups in total. The maximum atomic E-state index is 7.87. The monoisotopic (exact) mass is 466 g/mol. The van der Waals surface area contributed by atoms with Crippen LogP contribution in [0.5, 0.6) is 0 Å². The second-order valence-corrected chi connectivity index (χ2v) is 25.6. The normalized spacial score (nSPS) is 12.8. The Labute approximate surface area is 191 Å². The van der Waals surface area contributed by atoms with E-state index in [2.05, 4.69) is 120 Å². The van der Waals surface area contributed by atoms with Crippen LogP contribution in [0.25, 0.3) is 0 Å². The van der Waals surface area contributed by atoms with E-state index in [1.54, 1.807) is 0 Å². The maximum absolute atomic E-state index is 7.87. The lowest BCUT2D eigenvalue weighted by atomic mass is 10.2. The lowest BCUT2D eigenvalue weighted by Gasteiger charge is -2.30. The molecule has 158 valence electrons. The molecule has 0 amide bonds. The summed E-state index contributed by atoms with van der Waals surface area (Å²) in [5.41, 5.74) is 2.63. The minimum absolute atomic E-state index is 1.27. The number of benzene rings is 3. The van der Waals surface area contributed by atoms with Crippen LogP contribution in [0.4, 0.5) is 0 Å². The minimum Gasteiger partial charge on any atom is -0.149 e. The van der Waals surface area contributed by atoms with Crippen molar-refractivity contribution in [1.29, 1.82) is 0 Å². The minimum atomic E-state index is -2.64. The van der Waals surface area contributed by atoms with Crippen LogP contribution in [-0.4, -0.2) is 23.5 Å². The quantitative estimate of drug-likeness (QED) is 0.293. The van der Waals surface area contributed by atoms with E-state index in [1.807, 2.05) is 0 Å². The van der Waals surface area contributed by atoms with Crippen LogP contribution in [0.1, 0.15) is 11.1 Å². The van der Waals surface area contributed by atoms with E-state index >= 15 is 0 Å². The molecule has 0 atom stereocenters. The Morgan fingerprint density at radius 1 is 0.500 bits per heavy atom. The van der Waals surface area contributed by atoms with E-state index in [9.17, 15) is 0 Å². The number of halogens is 1. The molecule has 3 aromatic rings. The predicted molar refractivity (Wildman–Crippen MR) is 145 cm³/mol. The topological polar surface area (TPSA) is 0 Å². The van der Waals surface area contributed by atoms with Gasteiger partial charge in [-0.1, -0.05) is 128 Å². The highest BCUT2D eigenvalue weighted by Gasteiger charge is 2.39. The Hall–Kier alpha value is -1.40. The molecule has 0 nitrogen and oxygen atoms in total. The molecule has 0 radical (unpaired) electrons. The Morgan fingerprint density at radius 3 is 1.23 bits per heavy atom. The van der Waals surface area contributed by atoms with Crippen molar-refractivity contribution in [2.75, 3.05) is 0 Å². The molecule has 30 heavy (non-hydrogen) atoms. The first kappa shape index (κ1) is 23.3. The van der Waals surface area contributed by atoms with E-state index < -0.39 is 23.5 Å². The van der Waals surface area contributed by atoms with Gasteiger partial charge in [-0.15, -0.1) is 11.1 Å². The second kappa shape index (κ2) is 8.27. The van der Waals surface area contributed by atoms with Gasteiger partial charge in [0.15, 0.2) is 0 Å². The van der Waals surface area contributed by atoms with Crippen LogP contribution in [-0.2, 0) is 0 Å². The highest BCUT2D eigenvalue weighted by atomic mass is 35.6. The van der Waals surface area contributed by atoms with Crippen LogP contribution in [0, 0.1) is 13.8 Å². The molecule has 3 aromatic carbocycles. The SMILES string of the molecule is Cc1cc([Si](C)(C)C)cc([Si](Cl)(c2ccccc2)c2cc(C)cc([Si](C)(C)C)c2)c1. The van der Waals surface area contributed by atoms with Crippen molar-refractivity contribution in [2.45, 2.75) is 53.1 Å². The molecule has 0 aliphatic heterocycles. The summed E-state index contributed by atoms with van der Waals surface area (Å²) in [6.45, 7) is 18.9. The summed E-state index contributed by atoms with van der Waals surface area (Å²) in [7, 11) is -5.56. The molecule has 4 heteroatoms. The standard InChI is InChI=1S/C26H35ClSi3/c1-20-14-23(28(3,4)5)18-25(16-20)30(27,22-12-10-9-11-13-22)26-17-21(2)15-24(19-26)29(6,7)8/h9-19H,1-8H3. The first-order chi connectivity index (χ1) is 13.8. The summed E-state index contributed by atoms with van der Waals surface area (Å²) < 4.78 is 0. The smallest absolute Gasteiger partial charge is 0.149 e. The first-order valence-corrected chi connectivity index (χ1v) is 20.8. The molecule has 0 saturated heterocycles. The van der Waals surface area contributed by atoms with Gasteiger partial charge >= 0.3 is 0 Å². The molecule has 0 aromatic heterocycles. The van der Waals surface area contributed by atoms with E-state index in [0.29, 0.717) is 0 Å². The highest BCUT2D eigenvalue weighted by molar-refractivity contribution is 7.40. The lowest BCUT2D eigenvalue weighted by molar-refractivity contribution is 1.49. The fourth-order valence-electron chi connectivity index (χ4n) is 4.00. The number of rotatable bonds is 5. The summed E-state index contributed by atoms with van der Waals surface area (Å²) in [5, 5.41) is 6.89. The van der Waals surface area contributed by atoms with Gasteiger partial charge in [0, 0.05) is 0 Å². The van der Waals surface area contributed by atoms with Gasteiger partial charge in [-0.05, 0) is 29.4 Å². The summed E-state index contributed by atoms with van der Waals surface area (Å²) in [6.07, 6.45) is 0. The van der Waals surface area contributed by atoms with Gasteiger partial charge < -0.3 is 0 Å². The fraction of sp³-hybridized carbons (Fsp3) is 0.308. The second-order valence-electron chi connectivity index (χ2n) is 10.7. The van der Waals surface area contributed by atoms with Crippen molar-refractivity contribution in [2.24, 2.45) is 0 Å². The van der Waals surface area contributed by atoms with E-state index in [4.69, 9.17) is 11.1 Å². The molecule has 0 aliphatic rings. The van der Waals surface area contributed by atoms with Gasteiger partial charge in [-0.3, -0.25) is 0 Å². The highest BCUT2D eigenvalue weighted by Crippen LogP contribution is 2.15. The zero-order valence-corrected chi connectivity index (χ0v) is 23.5. The van der Waals surface area contributed by atoms with Gasteiger partial charge in [0.1, 0.15) is 0 Å². The van der Waals surface area contributed by atoms with Crippen LogP contribution >= 0.6 is 11.1 Å². The van der Waals surface area contributed by atoms with Crippen molar-refractivity contribution in [3.05, 3.63) is 77.9 Å². The molecular formula is C26H35ClSi3. The van der Waals surface area contributed by atoms with E-state index in [0.717, 1.165) is 0 Å². The van der Waals surface area contributed by atoms with Crippen LogP contribution < -0.4 is 25.9 Å². The molecule has 0 spiro atoms. The molecule has 3 rings (SSSR count). The number of hydrogen-bond donors (Lipinski definition) is 0. The Kier molecular flexibility index (Phi) is 6.41. The molecule has 0 saturated carbocycles. The molecule has 0 aliphatic carbocycles.